The van der Waals surface area contributed by atoms with E-state index in [-0.39, 0.29) is 36.4 Å². The van der Waals surface area contributed by atoms with Crippen molar-refractivity contribution < 1.29 is 14.3 Å². The number of fused-ring (bicyclic) bond motifs is 2. The van der Waals surface area contributed by atoms with Crippen molar-refractivity contribution in [3.8, 4) is 5.75 Å². The number of hydrogen-bond acceptors (Lipinski definition) is 4. The molecule has 2 saturated carbocycles. The molecule has 144 valence electrons. The molecule has 1 aliphatic heterocycles. The number of amides is 1. The zero-order valence-corrected chi connectivity index (χ0v) is 15.9. The van der Waals surface area contributed by atoms with E-state index in [1.165, 1.54) is 19.3 Å². The zero-order chi connectivity index (χ0) is 17.2. The fourth-order valence-electron chi connectivity index (χ4n) is 4.70. The average molecular weight is 381 g/mol. The molecule has 3 atom stereocenters. The van der Waals surface area contributed by atoms with Crippen molar-refractivity contribution in [2.24, 2.45) is 23.5 Å². The van der Waals surface area contributed by atoms with E-state index in [2.05, 4.69) is 5.32 Å². The molecule has 5 nitrogen and oxygen atoms in total. The number of rotatable bonds is 4. The second-order valence-corrected chi connectivity index (χ2v) is 7.79. The molecule has 2 bridgehead atoms. The Bertz CT molecular complexity index is 607. The zero-order valence-electron chi connectivity index (χ0n) is 15.1. The number of nitrogens with two attached hydrogens (primary N) is 1. The van der Waals surface area contributed by atoms with Crippen LogP contribution in [0.1, 0.15) is 38.5 Å². The van der Waals surface area contributed by atoms with Crippen LogP contribution in [0.25, 0.3) is 0 Å². The maximum absolute atomic E-state index is 12.9. The molecule has 1 aromatic rings. The molecule has 0 radical (unpaired) electrons. The highest BCUT2D eigenvalue weighted by molar-refractivity contribution is 5.94. The standard InChI is InChI=1S/C20H28N2O3.ClH/c21-19-13-4-3-5-14(19)11-15(10-13)20(23)22-17-6-1-2-7-18(17)25-16-8-9-24-12-16;/h1-2,6-7,13-16,19H,3-5,8-12,21H2,(H,22,23);1H. The molecule has 3 N–H and O–H groups in total. The van der Waals surface area contributed by atoms with Crippen molar-refractivity contribution >= 4 is 24.0 Å². The van der Waals surface area contributed by atoms with E-state index in [0.29, 0.717) is 18.4 Å². The topological polar surface area (TPSA) is 73.6 Å². The number of carbonyl (C=O) groups excluding carboxylic acids is 1. The Morgan fingerprint density at radius 3 is 2.58 bits per heavy atom. The van der Waals surface area contributed by atoms with E-state index in [1.807, 2.05) is 24.3 Å². The van der Waals surface area contributed by atoms with E-state index >= 15 is 0 Å². The van der Waals surface area contributed by atoms with Crippen molar-refractivity contribution in [2.45, 2.75) is 50.7 Å². The Kier molecular flexibility index (Phi) is 6.43. The molecular weight excluding hydrogens is 352 g/mol. The van der Waals surface area contributed by atoms with E-state index in [4.69, 9.17) is 15.2 Å². The molecule has 4 rings (SSSR count). The van der Waals surface area contributed by atoms with Gasteiger partial charge in [0, 0.05) is 18.4 Å². The molecule has 6 heteroatoms. The number of halogens is 1. The summed E-state index contributed by atoms with van der Waals surface area (Å²) in [7, 11) is 0. The molecule has 1 heterocycles. The minimum Gasteiger partial charge on any atom is -0.486 e. The number of nitrogens with one attached hydrogen (secondary N) is 1. The Hall–Kier alpha value is -1.30. The number of anilines is 1. The van der Waals surface area contributed by atoms with Crippen molar-refractivity contribution in [3.05, 3.63) is 24.3 Å². The van der Waals surface area contributed by atoms with Crippen molar-refractivity contribution in [1.29, 1.82) is 0 Å². The summed E-state index contributed by atoms with van der Waals surface area (Å²) in [6.07, 6.45) is 6.41. The van der Waals surface area contributed by atoms with E-state index < -0.39 is 0 Å². The van der Waals surface area contributed by atoms with Gasteiger partial charge in [0.1, 0.15) is 11.9 Å². The highest BCUT2D eigenvalue weighted by Crippen LogP contribution is 2.42. The van der Waals surface area contributed by atoms with Crippen LogP contribution < -0.4 is 15.8 Å². The van der Waals surface area contributed by atoms with E-state index in [1.54, 1.807) is 0 Å². The van der Waals surface area contributed by atoms with Crippen LogP contribution >= 0.6 is 12.4 Å². The van der Waals surface area contributed by atoms with Crippen LogP contribution in [-0.4, -0.2) is 31.3 Å². The summed E-state index contributed by atoms with van der Waals surface area (Å²) in [4.78, 5) is 12.9. The first kappa shape index (κ1) is 19.5. The van der Waals surface area contributed by atoms with Gasteiger partial charge in [0.05, 0.1) is 18.9 Å². The second kappa shape index (κ2) is 8.59. The fourth-order valence-corrected chi connectivity index (χ4v) is 4.70. The van der Waals surface area contributed by atoms with Gasteiger partial charge in [-0.1, -0.05) is 18.6 Å². The van der Waals surface area contributed by atoms with Crippen LogP contribution in [0.5, 0.6) is 5.75 Å². The Morgan fingerprint density at radius 2 is 1.88 bits per heavy atom. The summed E-state index contributed by atoms with van der Waals surface area (Å²) >= 11 is 0. The third kappa shape index (κ3) is 4.16. The van der Waals surface area contributed by atoms with Crippen LogP contribution in [0.4, 0.5) is 5.69 Å². The third-order valence-corrected chi connectivity index (χ3v) is 6.11. The SMILES string of the molecule is Cl.NC1C2CCCC1CC(C(=O)Nc1ccccc1OC1CCOC1)C2. The second-order valence-electron chi connectivity index (χ2n) is 7.79. The number of ether oxygens (including phenoxy) is 2. The molecule has 0 aromatic heterocycles. The lowest BCUT2D eigenvalue weighted by Gasteiger charge is -2.43. The largest absolute Gasteiger partial charge is 0.486 e. The summed E-state index contributed by atoms with van der Waals surface area (Å²) in [5.41, 5.74) is 7.11. The third-order valence-electron chi connectivity index (χ3n) is 6.11. The highest BCUT2D eigenvalue weighted by atomic mass is 35.5. The first-order valence-electron chi connectivity index (χ1n) is 9.60. The Labute approximate surface area is 161 Å². The molecule has 1 aromatic carbocycles. The summed E-state index contributed by atoms with van der Waals surface area (Å²) in [5.74, 6) is 1.93. The predicted octanol–water partition coefficient (Wildman–Crippen LogP) is 3.37. The minimum absolute atomic E-state index is 0. The van der Waals surface area contributed by atoms with Gasteiger partial charge in [-0.25, -0.2) is 0 Å². The van der Waals surface area contributed by atoms with Gasteiger partial charge < -0.3 is 20.5 Å². The van der Waals surface area contributed by atoms with Crippen LogP contribution in [0.3, 0.4) is 0 Å². The monoisotopic (exact) mass is 380 g/mol. The Balaban J connectivity index is 0.00000196. The van der Waals surface area contributed by atoms with Crippen molar-refractivity contribution in [2.75, 3.05) is 18.5 Å². The molecule has 26 heavy (non-hydrogen) atoms. The summed E-state index contributed by atoms with van der Waals surface area (Å²) in [6, 6.07) is 7.98. The molecule has 3 aliphatic rings. The number of para-hydroxylation sites is 2. The minimum atomic E-state index is 0. The van der Waals surface area contributed by atoms with Crippen LogP contribution in [-0.2, 0) is 9.53 Å². The number of carbonyl (C=O) groups is 1. The molecule has 1 saturated heterocycles. The smallest absolute Gasteiger partial charge is 0.227 e. The van der Waals surface area contributed by atoms with Crippen molar-refractivity contribution in [3.63, 3.8) is 0 Å². The lowest BCUT2D eigenvalue weighted by Crippen LogP contribution is -2.48. The predicted molar refractivity (Wildman–Crippen MR) is 104 cm³/mol. The first-order valence-corrected chi connectivity index (χ1v) is 9.60. The average Bonchev–Trinajstić information content (AvgIpc) is 3.09. The molecule has 2 aliphatic carbocycles. The maximum atomic E-state index is 12.9. The van der Waals surface area contributed by atoms with Crippen LogP contribution in [0.15, 0.2) is 24.3 Å². The van der Waals surface area contributed by atoms with Gasteiger partial charge in [-0.2, -0.15) is 0 Å². The van der Waals surface area contributed by atoms with Gasteiger partial charge in [0.15, 0.2) is 0 Å². The van der Waals surface area contributed by atoms with Gasteiger partial charge in [-0.15, -0.1) is 12.4 Å². The highest BCUT2D eigenvalue weighted by Gasteiger charge is 2.40. The van der Waals surface area contributed by atoms with Crippen LogP contribution in [0.2, 0.25) is 0 Å². The van der Waals surface area contributed by atoms with Gasteiger partial charge in [-0.05, 0) is 49.7 Å². The summed E-state index contributed by atoms with van der Waals surface area (Å²) < 4.78 is 11.4. The molecule has 3 fully saturated rings. The first-order chi connectivity index (χ1) is 12.2. The number of benzene rings is 1. The summed E-state index contributed by atoms with van der Waals surface area (Å²) in [5, 5.41) is 3.11. The van der Waals surface area contributed by atoms with Gasteiger partial charge in [-0.3, -0.25) is 4.79 Å². The lowest BCUT2D eigenvalue weighted by molar-refractivity contribution is -0.122. The van der Waals surface area contributed by atoms with E-state index in [0.717, 1.165) is 37.3 Å². The molecule has 3 unspecified atom stereocenters. The quantitative estimate of drug-likeness (QED) is 0.839. The molecule has 0 spiro atoms. The maximum Gasteiger partial charge on any atom is 0.227 e. The Morgan fingerprint density at radius 1 is 1.15 bits per heavy atom. The lowest BCUT2D eigenvalue weighted by atomic mass is 9.65. The fraction of sp³-hybridized carbons (Fsp3) is 0.650. The van der Waals surface area contributed by atoms with Gasteiger partial charge in [0.25, 0.3) is 0 Å². The van der Waals surface area contributed by atoms with Crippen LogP contribution in [0, 0.1) is 17.8 Å². The normalized spacial score (nSPS) is 33.2. The molecular formula is C20H29ClN2O3. The van der Waals surface area contributed by atoms with Gasteiger partial charge in [0.2, 0.25) is 5.91 Å². The summed E-state index contributed by atoms with van der Waals surface area (Å²) in [6.45, 7) is 1.36. The molecule has 1 amide bonds. The van der Waals surface area contributed by atoms with Gasteiger partial charge >= 0.3 is 0 Å². The number of hydrogen-bond donors (Lipinski definition) is 2. The van der Waals surface area contributed by atoms with E-state index in [9.17, 15) is 4.79 Å². The van der Waals surface area contributed by atoms with Crippen molar-refractivity contribution in [1.82, 2.24) is 0 Å².